The van der Waals surface area contributed by atoms with Crippen LogP contribution in [0.1, 0.15) is 0 Å². The molecule has 0 saturated heterocycles. The van der Waals surface area contributed by atoms with Crippen molar-refractivity contribution in [2.45, 2.75) is 0 Å². The molecule has 0 spiro atoms. The molecule has 0 amide bonds. The topological polar surface area (TPSA) is 61.3 Å². The van der Waals surface area contributed by atoms with Gasteiger partial charge >= 0.3 is 0 Å². The number of nitrogen functional groups attached to an aromatic ring is 1. The third-order valence-electron chi connectivity index (χ3n) is 2.01. The van der Waals surface area contributed by atoms with Crippen LogP contribution in [-0.2, 0) is 0 Å². The molecule has 78 valence electrons. The van der Waals surface area contributed by atoms with E-state index in [1.807, 2.05) is 18.2 Å². The molecule has 1 aromatic carbocycles. The molecule has 0 aliphatic heterocycles. The molecule has 15 heavy (non-hydrogen) atoms. The van der Waals surface area contributed by atoms with E-state index in [-0.39, 0.29) is 0 Å². The van der Waals surface area contributed by atoms with Crippen LogP contribution in [0.3, 0.4) is 0 Å². The van der Waals surface area contributed by atoms with Gasteiger partial charge in [-0.15, -0.1) is 0 Å². The fraction of sp³-hybridized carbons (Fsp3) is 0.100. The minimum Gasteiger partial charge on any atom is -0.496 e. The van der Waals surface area contributed by atoms with Crippen LogP contribution in [-0.4, -0.2) is 12.3 Å². The van der Waals surface area contributed by atoms with Crippen LogP contribution in [0, 0.1) is 0 Å². The van der Waals surface area contributed by atoms with Gasteiger partial charge in [0.1, 0.15) is 11.4 Å². The number of methoxy groups -OCH3 is 1. The number of nitrogens with zero attached hydrogens (tertiary/aromatic N) is 1. The molecule has 0 unspecified atom stereocenters. The van der Waals surface area contributed by atoms with E-state index < -0.39 is 0 Å². The fourth-order valence-electron chi connectivity index (χ4n) is 1.27. The largest absolute Gasteiger partial charge is 0.496 e. The van der Waals surface area contributed by atoms with Gasteiger partial charge in [-0.25, -0.2) is 0 Å². The lowest BCUT2D eigenvalue weighted by atomic mass is 10.1. The van der Waals surface area contributed by atoms with Crippen molar-refractivity contribution in [2.24, 2.45) is 0 Å². The Hall–Kier alpha value is -1.49. The molecule has 5 heteroatoms. The van der Waals surface area contributed by atoms with Crippen LogP contribution in [0.5, 0.6) is 5.75 Å². The standard InChI is InChI=1S/C10H9BrN2O2/c1-14-9-4-6(2-3-7(9)11)10-8(12)5-13-15-10/h2-5H,12H2,1H3. The predicted molar refractivity (Wildman–Crippen MR) is 60.6 cm³/mol. The molecule has 0 radical (unpaired) electrons. The maximum atomic E-state index is 5.69. The highest BCUT2D eigenvalue weighted by Gasteiger charge is 2.10. The first-order chi connectivity index (χ1) is 7.22. The summed E-state index contributed by atoms with van der Waals surface area (Å²) in [6.45, 7) is 0. The lowest BCUT2D eigenvalue weighted by Crippen LogP contribution is -1.87. The van der Waals surface area contributed by atoms with Gasteiger partial charge in [0.25, 0.3) is 0 Å². The number of aromatic nitrogens is 1. The lowest BCUT2D eigenvalue weighted by molar-refractivity contribution is 0.411. The fourth-order valence-corrected chi connectivity index (χ4v) is 1.68. The first-order valence-electron chi connectivity index (χ1n) is 4.26. The van der Waals surface area contributed by atoms with Gasteiger partial charge in [0, 0.05) is 5.56 Å². The van der Waals surface area contributed by atoms with Gasteiger partial charge in [-0.3, -0.25) is 0 Å². The average Bonchev–Trinajstić information content (AvgIpc) is 2.65. The number of hydrogen-bond donors (Lipinski definition) is 1. The van der Waals surface area contributed by atoms with Gasteiger partial charge in [-0.2, -0.15) is 0 Å². The lowest BCUT2D eigenvalue weighted by Gasteiger charge is -2.04. The normalized spacial score (nSPS) is 10.3. The second-order valence-electron chi connectivity index (χ2n) is 2.96. The van der Waals surface area contributed by atoms with E-state index in [9.17, 15) is 0 Å². The van der Waals surface area contributed by atoms with Crippen LogP contribution >= 0.6 is 15.9 Å². The van der Waals surface area contributed by atoms with Crippen molar-refractivity contribution in [2.75, 3.05) is 12.8 Å². The van der Waals surface area contributed by atoms with E-state index in [2.05, 4.69) is 21.1 Å². The first kappa shape index (κ1) is 10.0. The van der Waals surface area contributed by atoms with Crippen molar-refractivity contribution in [3.8, 4) is 17.1 Å². The molecule has 2 N–H and O–H groups in total. The second-order valence-corrected chi connectivity index (χ2v) is 3.81. The van der Waals surface area contributed by atoms with E-state index in [4.69, 9.17) is 15.0 Å². The summed E-state index contributed by atoms with van der Waals surface area (Å²) in [7, 11) is 1.60. The Morgan fingerprint density at radius 3 is 2.87 bits per heavy atom. The highest BCUT2D eigenvalue weighted by Crippen LogP contribution is 2.32. The van der Waals surface area contributed by atoms with Gasteiger partial charge in [0.05, 0.1) is 17.8 Å². The van der Waals surface area contributed by atoms with Crippen LogP contribution in [0.25, 0.3) is 11.3 Å². The summed E-state index contributed by atoms with van der Waals surface area (Å²) in [6.07, 6.45) is 1.48. The maximum Gasteiger partial charge on any atom is 0.189 e. The predicted octanol–water partition coefficient (Wildman–Crippen LogP) is 2.69. The van der Waals surface area contributed by atoms with E-state index in [0.717, 1.165) is 15.8 Å². The molecule has 2 aromatic rings. The van der Waals surface area contributed by atoms with Crippen LogP contribution in [0.15, 0.2) is 33.4 Å². The number of anilines is 1. The Balaban J connectivity index is 2.51. The highest BCUT2D eigenvalue weighted by atomic mass is 79.9. The van der Waals surface area contributed by atoms with Crippen LogP contribution < -0.4 is 10.5 Å². The second kappa shape index (κ2) is 3.94. The summed E-state index contributed by atoms with van der Waals surface area (Å²) in [5.74, 6) is 1.28. The van der Waals surface area contributed by atoms with Crippen molar-refractivity contribution in [1.29, 1.82) is 0 Å². The summed E-state index contributed by atoms with van der Waals surface area (Å²) >= 11 is 3.37. The number of rotatable bonds is 2. The summed E-state index contributed by atoms with van der Waals surface area (Å²) in [5, 5.41) is 3.62. The molecule has 4 nitrogen and oxygen atoms in total. The monoisotopic (exact) mass is 268 g/mol. The Morgan fingerprint density at radius 1 is 1.47 bits per heavy atom. The molecule has 0 saturated carbocycles. The van der Waals surface area contributed by atoms with E-state index in [0.29, 0.717) is 11.4 Å². The van der Waals surface area contributed by atoms with Crippen molar-refractivity contribution in [3.63, 3.8) is 0 Å². The zero-order valence-corrected chi connectivity index (χ0v) is 9.61. The van der Waals surface area contributed by atoms with Gasteiger partial charge in [-0.05, 0) is 34.1 Å². The van der Waals surface area contributed by atoms with Crippen molar-refractivity contribution in [3.05, 3.63) is 28.9 Å². The quantitative estimate of drug-likeness (QED) is 0.910. The molecular formula is C10H9BrN2O2. The van der Waals surface area contributed by atoms with E-state index in [1.54, 1.807) is 7.11 Å². The maximum absolute atomic E-state index is 5.69. The number of benzene rings is 1. The van der Waals surface area contributed by atoms with Gasteiger partial charge < -0.3 is 15.0 Å². The highest BCUT2D eigenvalue weighted by molar-refractivity contribution is 9.10. The van der Waals surface area contributed by atoms with E-state index in [1.165, 1.54) is 6.20 Å². The number of halogens is 1. The molecule has 0 aliphatic carbocycles. The Kier molecular flexibility index (Phi) is 2.64. The number of nitrogens with two attached hydrogens (primary N) is 1. The van der Waals surface area contributed by atoms with E-state index >= 15 is 0 Å². The summed E-state index contributed by atoms with van der Waals surface area (Å²) in [5.41, 5.74) is 7.04. The molecule has 0 fully saturated rings. The molecule has 0 aliphatic rings. The van der Waals surface area contributed by atoms with Crippen LogP contribution in [0.2, 0.25) is 0 Å². The smallest absolute Gasteiger partial charge is 0.189 e. The number of hydrogen-bond acceptors (Lipinski definition) is 4. The molecule has 0 atom stereocenters. The Bertz CT molecular complexity index is 482. The third kappa shape index (κ3) is 1.83. The summed E-state index contributed by atoms with van der Waals surface area (Å²) in [4.78, 5) is 0. The van der Waals surface area contributed by atoms with Crippen molar-refractivity contribution < 1.29 is 9.26 Å². The molecular weight excluding hydrogens is 260 g/mol. The zero-order chi connectivity index (χ0) is 10.8. The third-order valence-corrected chi connectivity index (χ3v) is 2.67. The average molecular weight is 269 g/mol. The molecule has 2 rings (SSSR count). The zero-order valence-electron chi connectivity index (χ0n) is 8.03. The minimum absolute atomic E-state index is 0.513. The first-order valence-corrected chi connectivity index (χ1v) is 5.05. The van der Waals surface area contributed by atoms with Gasteiger partial charge in [0.2, 0.25) is 0 Å². The van der Waals surface area contributed by atoms with Crippen molar-refractivity contribution >= 4 is 21.6 Å². The Morgan fingerprint density at radius 2 is 2.27 bits per heavy atom. The van der Waals surface area contributed by atoms with Gasteiger partial charge in [0.15, 0.2) is 5.76 Å². The molecule has 1 heterocycles. The molecule has 0 bridgehead atoms. The van der Waals surface area contributed by atoms with Crippen molar-refractivity contribution in [1.82, 2.24) is 5.16 Å². The summed E-state index contributed by atoms with van der Waals surface area (Å²) < 4.78 is 11.1. The minimum atomic E-state index is 0.513. The SMILES string of the molecule is COc1cc(-c2oncc2N)ccc1Br. The van der Waals surface area contributed by atoms with Gasteiger partial charge in [-0.1, -0.05) is 5.16 Å². The number of ether oxygens (including phenoxy) is 1. The Labute approximate surface area is 95.1 Å². The summed E-state index contributed by atoms with van der Waals surface area (Å²) in [6, 6.07) is 5.58. The molecule has 1 aromatic heterocycles. The van der Waals surface area contributed by atoms with Crippen LogP contribution in [0.4, 0.5) is 5.69 Å².